The van der Waals surface area contributed by atoms with Crippen molar-refractivity contribution in [2.75, 3.05) is 45.9 Å². The third-order valence-corrected chi connectivity index (χ3v) is 4.01. The molecule has 0 saturated carbocycles. The first-order valence-electron chi connectivity index (χ1n) is 7.18. The Hall–Kier alpha value is -1.11. The lowest BCUT2D eigenvalue weighted by molar-refractivity contribution is -0.138. The van der Waals surface area contributed by atoms with Crippen molar-refractivity contribution in [2.45, 2.75) is 6.42 Å². The molecule has 1 fully saturated rings. The third kappa shape index (κ3) is 6.03. The Kier molecular flexibility index (Phi) is 6.48. The molecule has 1 N–H and O–H groups in total. The molecule has 1 saturated heterocycles. The lowest BCUT2D eigenvalue weighted by Gasteiger charge is -2.20. The summed E-state index contributed by atoms with van der Waals surface area (Å²) in [6, 6.07) is 7.83. The normalized spacial score (nSPS) is 17.4. The molecule has 2 rings (SSSR count). The van der Waals surface area contributed by atoms with Crippen LogP contribution in [0.25, 0.3) is 0 Å². The van der Waals surface area contributed by atoms with Gasteiger partial charge in [0.15, 0.2) is 0 Å². The van der Waals surface area contributed by atoms with Gasteiger partial charge in [-0.05, 0) is 31.2 Å². The largest absolute Gasteiger partial charge is 0.492 e. The number of carboxylic acids is 1. The molecule has 0 spiro atoms. The van der Waals surface area contributed by atoms with E-state index in [1.165, 1.54) is 0 Å². The van der Waals surface area contributed by atoms with Crippen molar-refractivity contribution in [3.8, 4) is 5.75 Å². The van der Waals surface area contributed by atoms with Gasteiger partial charge in [-0.2, -0.15) is 0 Å². The monoisotopic (exact) mass is 356 g/mol. The van der Waals surface area contributed by atoms with Crippen LogP contribution < -0.4 is 4.74 Å². The van der Waals surface area contributed by atoms with Crippen LogP contribution in [0.1, 0.15) is 6.42 Å². The van der Waals surface area contributed by atoms with Crippen LogP contribution in [0, 0.1) is 0 Å². The Morgan fingerprint density at radius 2 is 2.00 bits per heavy atom. The summed E-state index contributed by atoms with van der Waals surface area (Å²) in [5.41, 5.74) is 0. The maximum atomic E-state index is 10.7. The second-order valence-corrected chi connectivity index (χ2v) is 6.09. The zero-order valence-corrected chi connectivity index (χ0v) is 13.6. The van der Waals surface area contributed by atoms with Crippen LogP contribution in [0.4, 0.5) is 0 Å². The van der Waals surface area contributed by atoms with Crippen molar-refractivity contribution in [3.05, 3.63) is 28.7 Å². The van der Waals surface area contributed by atoms with E-state index in [0.29, 0.717) is 6.61 Å². The Bertz CT molecular complexity index is 470. The van der Waals surface area contributed by atoms with Gasteiger partial charge in [-0.15, -0.1) is 0 Å². The standard InChI is InChI=1S/C15H21BrN2O3/c16-13-3-1-4-14(11-13)21-10-9-17-5-2-6-18(8-7-17)12-15(19)20/h1,3-4,11H,2,5-10,12H2,(H,19,20). The minimum Gasteiger partial charge on any atom is -0.492 e. The van der Waals surface area contributed by atoms with Crippen LogP contribution in [0.15, 0.2) is 28.7 Å². The molecule has 0 bridgehead atoms. The Balaban J connectivity index is 1.70. The fraction of sp³-hybridized carbons (Fsp3) is 0.533. The summed E-state index contributed by atoms with van der Waals surface area (Å²) in [6.45, 7) is 5.22. The molecule has 0 radical (unpaired) electrons. The van der Waals surface area contributed by atoms with Crippen molar-refractivity contribution in [1.82, 2.24) is 9.80 Å². The minimum atomic E-state index is -0.749. The lowest BCUT2D eigenvalue weighted by atomic mass is 10.3. The van der Waals surface area contributed by atoms with Gasteiger partial charge in [-0.1, -0.05) is 22.0 Å². The Morgan fingerprint density at radius 3 is 2.76 bits per heavy atom. The maximum Gasteiger partial charge on any atom is 0.317 e. The second kappa shape index (κ2) is 8.36. The number of aliphatic carboxylic acids is 1. The molecular formula is C15H21BrN2O3. The quantitative estimate of drug-likeness (QED) is 0.843. The molecule has 116 valence electrons. The van der Waals surface area contributed by atoms with Gasteiger partial charge in [-0.3, -0.25) is 14.6 Å². The van der Waals surface area contributed by atoms with E-state index < -0.39 is 5.97 Å². The summed E-state index contributed by atoms with van der Waals surface area (Å²) in [5.74, 6) is 0.119. The number of carbonyl (C=O) groups is 1. The van der Waals surface area contributed by atoms with Gasteiger partial charge in [0.1, 0.15) is 12.4 Å². The molecule has 5 nitrogen and oxygen atoms in total. The first-order chi connectivity index (χ1) is 10.1. The van der Waals surface area contributed by atoms with E-state index in [9.17, 15) is 4.79 Å². The molecule has 1 aliphatic rings. The van der Waals surface area contributed by atoms with E-state index in [1.807, 2.05) is 29.2 Å². The molecule has 0 aromatic heterocycles. The number of hydrogen-bond donors (Lipinski definition) is 1. The third-order valence-electron chi connectivity index (χ3n) is 3.51. The first kappa shape index (κ1) is 16.3. The highest BCUT2D eigenvalue weighted by Crippen LogP contribution is 2.17. The molecule has 0 amide bonds. The van der Waals surface area contributed by atoms with Crippen LogP contribution >= 0.6 is 15.9 Å². The summed E-state index contributed by atoms with van der Waals surface area (Å²) in [4.78, 5) is 15.1. The molecule has 1 aromatic rings. The van der Waals surface area contributed by atoms with Gasteiger partial charge in [0.05, 0.1) is 6.54 Å². The predicted octanol–water partition coefficient (Wildman–Crippen LogP) is 1.92. The van der Waals surface area contributed by atoms with E-state index >= 15 is 0 Å². The Morgan fingerprint density at radius 1 is 1.24 bits per heavy atom. The highest BCUT2D eigenvalue weighted by Gasteiger charge is 2.16. The molecule has 0 atom stereocenters. The molecule has 0 aliphatic carbocycles. The summed E-state index contributed by atoms with van der Waals surface area (Å²) in [7, 11) is 0. The van der Waals surface area contributed by atoms with Crippen LogP contribution in [0.5, 0.6) is 5.75 Å². The summed E-state index contributed by atoms with van der Waals surface area (Å²) >= 11 is 3.42. The predicted molar refractivity (Wildman–Crippen MR) is 84.8 cm³/mol. The van der Waals surface area contributed by atoms with Gasteiger partial charge >= 0.3 is 5.97 Å². The molecule has 0 unspecified atom stereocenters. The van der Waals surface area contributed by atoms with Gasteiger partial charge < -0.3 is 9.84 Å². The van der Waals surface area contributed by atoms with E-state index in [1.54, 1.807) is 0 Å². The number of carboxylic acid groups (broad SMARTS) is 1. The average molecular weight is 357 g/mol. The van der Waals surface area contributed by atoms with Gasteiger partial charge in [-0.25, -0.2) is 0 Å². The summed E-state index contributed by atoms with van der Waals surface area (Å²) in [6.07, 6.45) is 1.00. The van der Waals surface area contributed by atoms with Gasteiger partial charge in [0.25, 0.3) is 0 Å². The van der Waals surface area contributed by atoms with Crippen molar-refractivity contribution in [3.63, 3.8) is 0 Å². The number of halogens is 1. The number of benzene rings is 1. The highest BCUT2D eigenvalue weighted by molar-refractivity contribution is 9.10. The maximum absolute atomic E-state index is 10.7. The highest BCUT2D eigenvalue weighted by atomic mass is 79.9. The summed E-state index contributed by atoms with van der Waals surface area (Å²) in [5, 5.41) is 8.83. The van der Waals surface area contributed by atoms with Gasteiger partial charge in [0.2, 0.25) is 0 Å². The average Bonchev–Trinajstić information content (AvgIpc) is 2.64. The number of nitrogens with zero attached hydrogens (tertiary/aromatic N) is 2. The van der Waals surface area contributed by atoms with E-state index in [4.69, 9.17) is 9.84 Å². The van der Waals surface area contributed by atoms with Crippen LogP contribution in [-0.2, 0) is 4.79 Å². The molecule has 6 heteroatoms. The molecular weight excluding hydrogens is 336 g/mol. The topological polar surface area (TPSA) is 53.0 Å². The van der Waals surface area contributed by atoms with Crippen molar-refractivity contribution in [1.29, 1.82) is 0 Å². The van der Waals surface area contributed by atoms with E-state index in [2.05, 4.69) is 20.8 Å². The SMILES string of the molecule is O=C(O)CN1CCCN(CCOc2cccc(Br)c2)CC1. The fourth-order valence-electron chi connectivity index (χ4n) is 2.45. The van der Waals surface area contributed by atoms with Crippen LogP contribution in [0.2, 0.25) is 0 Å². The zero-order chi connectivity index (χ0) is 15.1. The van der Waals surface area contributed by atoms with E-state index in [0.717, 1.165) is 49.4 Å². The smallest absolute Gasteiger partial charge is 0.317 e. The number of hydrogen-bond acceptors (Lipinski definition) is 4. The number of ether oxygens (including phenoxy) is 1. The lowest BCUT2D eigenvalue weighted by Crippen LogP contribution is -2.35. The van der Waals surface area contributed by atoms with Gasteiger partial charge in [0, 0.05) is 30.7 Å². The minimum absolute atomic E-state index is 0.141. The first-order valence-corrected chi connectivity index (χ1v) is 7.97. The van der Waals surface area contributed by atoms with E-state index in [-0.39, 0.29) is 6.54 Å². The van der Waals surface area contributed by atoms with Crippen molar-refractivity contribution in [2.24, 2.45) is 0 Å². The molecule has 1 aliphatic heterocycles. The van der Waals surface area contributed by atoms with Crippen molar-refractivity contribution < 1.29 is 14.6 Å². The summed E-state index contributed by atoms with van der Waals surface area (Å²) < 4.78 is 6.76. The Labute approximate surface area is 133 Å². The fourth-order valence-corrected chi connectivity index (χ4v) is 2.82. The molecule has 1 heterocycles. The van der Waals surface area contributed by atoms with Crippen molar-refractivity contribution >= 4 is 21.9 Å². The second-order valence-electron chi connectivity index (χ2n) is 5.17. The van der Waals surface area contributed by atoms with Crippen LogP contribution in [0.3, 0.4) is 0 Å². The molecule has 21 heavy (non-hydrogen) atoms. The molecule has 1 aromatic carbocycles. The van der Waals surface area contributed by atoms with Crippen LogP contribution in [-0.4, -0.2) is 66.8 Å². The zero-order valence-electron chi connectivity index (χ0n) is 12.0. The number of rotatable bonds is 6.